The van der Waals surface area contributed by atoms with E-state index in [2.05, 4.69) is 109 Å². The highest BCUT2D eigenvalue weighted by atomic mass is 32.1. The predicted molar refractivity (Wildman–Crippen MR) is 127 cm³/mol. The Balaban J connectivity index is 1.59. The first-order valence-electron chi connectivity index (χ1n) is 9.85. The fraction of sp³-hybridized carbons (Fsp3) is 0.0370. The van der Waals surface area contributed by atoms with E-state index in [1.807, 2.05) is 11.3 Å². The van der Waals surface area contributed by atoms with Gasteiger partial charge in [-0.05, 0) is 52.2 Å². The lowest BCUT2D eigenvalue weighted by Gasteiger charge is -2.02. The van der Waals surface area contributed by atoms with Gasteiger partial charge in [-0.1, -0.05) is 66.7 Å². The fourth-order valence-corrected chi connectivity index (χ4v) is 5.39. The molecule has 0 amide bonds. The van der Waals surface area contributed by atoms with Gasteiger partial charge in [-0.25, -0.2) is 0 Å². The lowest BCUT2D eigenvalue weighted by molar-refractivity contribution is 1.01. The van der Waals surface area contributed by atoms with Gasteiger partial charge >= 0.3 is 0 Å². The van der Waals surface area contributed by atoms with Crippen molar-refractivity contribution in [2.24, 2.45) is 7.05 Å². The Bertz CT molecular complexity index is 1500. The number of benzene rings is 4. The van der Waals surface area contributed by atoms with Gasteiger partial charge in [0, 0.05) is 38.6 Å². The molecule has 0 N–H and O–H groups in total. The molecule has 0 bridgehead atoms. The number of aromatic nitrogens is 1. The minimum absolute atomic E-state index is 1.28. The molecule has 4 aromatic carbocycles. The summed E-state index contributed by atoms with van der Waals surface area (Å²) in [6.45, 7) is 0. The average Bonchev–Trinajstić information content (AvgIpc) is 3.38. The van der Waals surface area contributed by atoms with Crippen LogP contribution in [-0.2, 0) is 7.05 Å². The third kappa shape index (κ3) is 2.53. The molecular weight excluding hydrogens is 370 g/mol. The van der Waals surface area contributed by atoms with Crippen molar-refractivity contribution in [3.8, 4) is 20.9 Å². The summed E-state index contributed by atoms with van der Waals surface area (Å²) in [5.74, 6) is 0. The van der Waals surface area contributed by atoms with E-state index in [0.29, 0.717) is 0 Å². The molecule has 29 heavy (non-hydrogen) atoms. The largest absolute Gasteiger partial charge is 0.344 e. The molecule has 6 aromatic rings. The maximum absolute atomic E-state index is 2.37. The lowest BCUT2D eigenvalue weighted by atomic mass is 10.0. The van der Waals surface area contributed by atoms with Crippen LogP contribution in [0.2, 0.25) is 0 Å². The van der Waals surface area contributed by atoms with Gasteiger partial charge in [0.1, 0.15) is 0 Å². The number of fused-ring (bicyclic) bond motifs is 5. The fourth-order valence-electron chi connectivity index (χ4n) is 4.39. The molecule has 0 fully saturated rings. The van der Waals surface area contributed by atoms with Gasteiger partial charge in [-0.3, -0.25) is 0 Å². The van der Waals surface area contributed by atoms with Gasteiger partial charge in [0.25, 0.3) is 0 Å². The van der Waals surface area contributed by atoms with Crippen molar-refractivity contribution in [3.05, 3.63) is 97.1 Å². The minimum Gasteiger partial charge on any atom is -0.344 e. The Hall–Kier alpha value is -3.36. The number of rotatable bonds is 2. The summed E-state index contributed by atoms with van der Waals surface area (Å²) in [6, 6.07) is 35.1. The lowest BCUT2D eigenvalue weighted by Crippen LogP contribution is -1.86. The second-order valence-corrected chi connectivity index (χ2v) is 8.59. The molecule has 0 aliphatic carbocycles. The maximum atomic E-state index is 2.37. The summed E-state index contributed by atoms with van der Waals surface area (Å²) in [7, 11) is 2.16. The third-order valence-electron chi connectivity index (χ3n) is 5.84. The Morgan fingerprint density at radius 2 is 1.31 bits per heavy atom. The molecule has 2 heteroatoms. The summed E-state index contributed by atoms with van der Waals surface area (Å²) >= 11 is 1.86. The Morgan fingerprint density at radius 3 is 2.17 bits per heavy atom. The molecule has 0 saturated carbocycles. The summed E-state index contributed by atoms with van der Waals surface area (Å²) in [4.78, 5) is 2.62. The highest BCUT2D eigenvalue weighted by Gasteiger charge is 2.13. The molecule has 138 valence electrons. The van der Waals surface area contributed by atoms with Crippen LogP contribution in [0.1, 0.15) is 0 Å². The molecule has 2 aromatic heterocycles. The second-order valence-electron chi connectivity index (χ2n) is 7.50. The zero-order valence-corrected chi connectivity index (χ0v) is 16.9. The van der Waals surface area contributed by atoms with E-state index in [4.69, 9.17) is 0 Å². The van der Waals surface area contributed by atoms with Crippen molar-refractivity contribution >= 4 is 43.9 Å². The maximum Gasteiger partial charge on any atom is 0.0495 e. The highest BCUT2D eigenvalue weighted by Crippen LogP contribution is 2.39. The number of aryl methyl sites for hydroxylation is 1. The van der Waals surface area contributed by atoms with E-state index < -0.39 is 0 Å². The SMILES string of the molecule is Cn1c2ccc(-c3ccc(-c4ccccc4)s3)cc2c2c3ccccc3ccc21. The number of hydrogen-bond acceptors (Lipinski definition) is 1. The topological polar surface area (TPSA) is 4.93 Å². The Morgan fingerprint density at radius 1 is 0.586 bits per heavy atom. The molecule has 0 aliphatic heterocycles. The van der Waals surface area contributed by atoms with Crippen LogP contribution >= 0.6 is 11.3 Å². The summed E-state index contributed by atoms with van der Waals surface area (Å²) < 4.78 is 2.31. The molecule has 0 saturated heterocycles. The van der Waals surface area contributed by atoms with Crippen LogP contribution in [0.4, 0.5) is 0 Å². The summed E-state index contributed by atoms with van der Waals surface area (Å²) in [5.41, 5.74) is 5.12. The van der Waals surface area contributed by atoms with Crippen molar-refractivity contribution in [2.45, 2.75) is 0 Å². The molecule has 0 aliphatic rings. The standard InChI is InChI=1S/C27H19NS/c1-28-23-13-12-20(26-16-15-25(29-26)19-8-3-2-4-9-19)17-22(23)27-21-10-6-5-7-18(21)11-14-24(27)28/h2-17H,1H3. The number of nitrogens with zero attached hydrogens (tertiary/aromatic N) is 1. The van der Waals surface area contributed by atoms with Crippen molar-refractivity contribution in [3.63, 3.8) is 0 Å². The van der Waals surface area contributed by atoms with Crippen molar-refractivity contribution in [2.75, 3.05) is 0 Å². The molecule has 0 unspecified atom stereocenters. The van der Waals surface area contributed by atoms with Crippen LogP contribution in [0.15, 0.2) is 97.1 Å². The van der Waals surface area contributed by atoms with E-state index >= 15 is 0 Å². The normalized spacial score (nSPS) is 11.6. The highest BCUT2D eigenvalue weighted by molar-refractivity contribution is 7.18. The first-order valence-corrected chi connectivity index (χ1v) is 10.7. The Labute approximate surface area is 173 Å². The van der Waals surface area contributed by atoms with Gasteiger partial charge in [-0.15, -0.1) is 11.3 Å². The molecule has 1 nitrogen and oxygen atoms in total. The summed E-state index contributed by atoms with van der Waals surface area (Å²) in [6.07, 6.45) is 0. The molecule has 2 heterocycles. The molecular formula is C27H19NS. The van der Waals surface area contributed by atoms with Gasteiger partial charge in [0.15, 0.2) is 0 Å². The van der Waals surface area contributed by atoms with Crippen LogP contribution in [-0.4, -0.2) is 4.57 Å². The monoisotopic (exact) mass is 389 g/mol. The van der Waals surface area contributed by atoms with Crippen molar-refractivity contribution in [1.82, 2.24) is 4.57 Å². The van der Waals surface area contributed by atoms with Crippen LogP contribution in [0.25, 0.3) is 53.5 Å². The number of hydrogen-bond donors (Lipinski definition) is 0. The smallest absolute Gasteiger partial charge is 0.0495 e. The van der Waals surface area contributed by atoms with Crippen LogP contribution in [0.3, 0.4) is 0 Å². The van der Waals surface area contributed by atoms with Crippen LogP contribution < -0.4 is 0 Å². The number of thiophene rings is 1. The van der Waals surface area contributed by atoms with Crippen molar-refractivity contribution in [1.29, 1.82) is 0 Å². The predicted octanol–water partition coefficient (Wildman–Crippen LogP) is 7.88. The van der Waals surface area contributed by atoms with Gasteiger partial charge in [0.2, 0.25) is 0 Å². The molecule has 0 radical (unpaired) electrons. The third-order valence-corrected chi connectivity index (χ3v) is 7.03. The molecule has 0 spiro atoms. The molecule has 0 atom stereocenters. The van der Waals surface area contributed by atoms with Gasteiger partial charge < -0.3 is 4.57 Å². The van der Waals surface area contributed by atoms with Crippen molar-refractivity contribution < 1.29 is 0 Å². The summed E-state index contributed by atoms with van der Waals surface area (Å²) in [5, 5.41) is 5.29. The van der Waals surface area contributed by atoms with E-state index in [9.17, 15) is 0 Å². The average molecular weight is 390 g/mol. The first-order chi connectivity index (χ1) is 14.3. The second kappa shape index (κ2) is 6.33. The van der Waals surface area contributed by atoms with E-state index in [1.165, 1.54) is 53.5 Å². The quantitative estimate of drug-likeness (QED) is 0.284. The first kappa shape index (κ1) is 16.6. The van der Waals surface area contributed by atoms with E-state index in [0.717, 1.165) is 0 Å². The van der Waals surface area contributed by atoms with E-state index in [1.54, 1.807) is 0 Å². The van der Waals surface area contributed by atoms with Crippen LogP contribution in [0, 0.1) is 0 Å². The van der Waals surface area contributed by atoms with Gasteiger partial charge in [0.05, 0.1) is 0 Å². The zero-order chi connectivity index (χ0) is 19.4. The minimum atomic E-state index is 1.28. The van der Waals surface area contributed by atoms with E-state index in [-0.39, 0.29) is 0 Å². The molecule has 6 rings (SSSR count). The van der Waals surface area contributed by atoms with Gasteiger partial charge in [-0.2, -0.15) is 0 Å². The van der Waals surface area contributed by atoms with Crippen LogP contribution in [0.5, 0.6) is 0 Å². The Kier molecular flexibility index (Phi) is 3.62. The zero-order valence-electron chi connectivity index (χ0n) is 16.1.